The van der Waals surface area contributed by atoms with Crippen LogP contribution in [0.2, 0.25) is 0 Å². The minimum Gasteiger partial charge on any atom is -0.439 e. The molecule has 174 valence electrons. The van der Waals surface area contributed by atoms with Crippen LogP contribution in [0.1, 0.15) is 27.7 Å². The average Bonchev–Trinajstić information content (AvgIpc) is 3.31. The molecule has 0 amide bonds. The molecule has 0 radical (unpaired) electrons. The second kappa shape index (κ2) is 9.35. The standard InChI is InChI=1S/C30H25NO3S/c1-21-13-17-24(18-14-21)29(35(32,33)26-19-15-22(2)16-20-26)28-27(23-9-5-3-6-10-23)31-30(34-28)25-11-7-4-8-12-25/h3-20,29H,1-2H3. The number of rotatable bonds is 6. The van der Waals surface area contributed by atoms with Crippen molar-refractivity contribution in [2.75, 3.05) is 0 Å². The van der Waals surface area contributed by atoms with Crippen LogP contribution in [-0.2, 0) is 9.84 Å². The molecule has 1 aromatic heterocycles. The van der Waals surface area contributed by atoms with Crippen molar-refractivity contribution in [2.24, 2.45) is 0 Å². The molecule has 1 unspecified atom stereocenters. The van der Waals surface area contributed by atoms with E-state index >= 15 is 0 Å². The van der Waals surface area contributed by atoms with Crippen molar-refractivity contribution in [3.63, 3.8) is 0 Å². The Morgan fingerprint density at radius 2 is 1.17 bits per heavy atom. The number of nitrogens with zero attached hydrogens (tertiary/aromatic N) is 1. The second-order valence-electron chi connectivity index (χ2n) is 8.61. The Balaban J connectivity index is 1.78. The van der Waals surface area contributed by atoms with Crippen LogP contribution in [0.15, 0.2) is 119 Å². The summed E-state index contributed by atoms with van der Waals surface area (Å²) >= 11 is 0. The zero-order valence-electron chi connectivity index (χ0n) is 19.5. The number of aryl methyl sites for hydroxylation is 2. The van der Waals surface area contributed by atoms with Gasteiger partial charge in [-0.2, -0.15) is 0 Å². The lowest BCUT2D eigenvalue weighted by molar-refractivity contribution is 0.513. The minimum atomic E-state index is -3.87. The van der Waals surface area contributed by atoms with Gasteiger partial charge in [-0.15, -0.1) is 0 Å². The van der Waals surface area contributed by atoms with Crippen LogP contribution in [0.5, 0.6) is 0 Å². The van der Waals surface area contributed by atoms with Crippen molar-refractivity contribution < 1.29 is 12.8 Å². The molecule has 0 aliphatic heterocycles. The fourth-order valence-electron chi connectivity index (χ4n) is 4.09. The molecule has 0 bridgehead atoms. The largest absolute Gasteiger partial charge is 0.439 e. The Bertz CT molecular complexity index is 1540. The molecular weight excluding hydrogens is 454 g/mol. The van der Waals surface area contributed by atoms with E-state index in [9.17, 15) is 8.42 Å². The molecule has 0 spiro atoms. The quantitative estimate of drug-likeness (QED) is 0.259. The lowest BCUT2D eigenvalue weighted by Crippen LogP contribution is -2.16. The van der Waals surface area contributed by atoms with Gasteiger partial charge in [0.15, 0.2) is 20.8 Å². The molecule has 0 saturated carbocycles. The van der Waals surface area contributed by atoms with E-state index in [-0.39, 0.29) is 4.90 Å². The van der Waals surface area contributed by atoms with Crippen LogP contribution in [0, 0.1) is 13.8 Å². The molecule has 4 nitrogen and oxygen atoms in total. The molecule has 0 aliphatic carbocycles. The van der Waals surface area contributed by atoms with E-state index in [1.165, 1.54) is 0 Å². The van der Waals surface area contributed by atoms with E-state index in [1.807, 2.05) is 111 Å². The van der Waals surface area contributed by atoms with Gasteiger partial charge in [0.25, 0.3) is 0 Å². The third kappa shape index (κ3) is 4.55. The summed E-state index contributed by atoms with van der Waals surface area (Å²) in [6.07, 6.45) is 0. The van der Waals surface area contributed by atoms with Gasteiger partial charge in [0.2, 0.25) is 5.89 Å². The first-order valence-electron chi connectivity index (χ1n) is 11.4. The highest BCUT2D eigenvalue weighted by atomic mass is 32.2. The van der Waals surface area contributed by atoms with Crippen molar-refractivity contribution in [3.8, 4) is 22.7 Å². The van der Waals surface area contributed by atoms with Crippen LogP contribution in [0.25, 0.3) is 22.7 Å². The molecule has 35 heavy (non-hydrogen) atoms. The SMILES string of the molecule is Cc1ccc(C(c2oc(-c3ccccc3)nc2-c2ccccc2)S(=O)(=O)c2ccc(C)cc2)cc1. The van der Waals surface area contributed by atoms with Crippen LogP contribution in [0.3, 0.4) is 0 Å². The summed E-state index contributed by atoms with van der Waals surface area (Å²) in [6, 6.07) is 33.6. The summed E-state index contributed by atoms with van der Waals surface area (Å²) in [5.74, 6) is 0.690. The number of hydrogen-bond acceptors (Lipinski definition) is 4. The van der Waals surface area contributed by atoms with Gasteiger partial charge in [-0.1, -0.05) is 96.1 Å². The molecule has 1 heterocycles. The normalized spacial score (nSPS) is 12.4. The monoisotopic (exact) mass is 479 g/mol. The van der Waals surface area contributed by atoms with Gasteiger partial charge < -0.3 is 4.42 Å². The Hall–Kier alpha value is -3.96. The van der Waals surface area contributed by atoms with Crippen LogP contribution in [0.4, 0.5) is 0 Å². The zero-order chi connectivity index (χ0) is 24.4. The van der Waals surface area contributed by atoms with E-state index in [0.717, 1.165) is 22.3 Å². The molecule has 5 heteroatoms. The van der Waals surface area contributed by atoms with Crippen molar-refractivity contribution in [1.82, 2.24) is 4.98 Å². The highest BCUT2D eigenvalue weighted by molar-refractivity contribution is 7.91. The van der Waals surface area contributed by atoms with Crippen LogP contribution < -0.4 is 0 Å². The first-order valence-corrected chi connectivity index (χ1v) is 13.0. The molecule has 5 aromatic rings. The maximum absolute atomic E-state index is 14.2. The highest BCUT2D eigenvalue weighted by Gasteiger charge is 2.37. The minimum absolute atomic E-state index is 0.241. The average molecular weight is 480 g/mol. The van der Waals surface area contributed by atoms with Gasteiger partial charge in [0.1, 0.15) is 5.69 Å². The third-order valence-corrected chi connectivity index (χ3v) is 8.04. The molecule has 0 saturated heterocycles. The summed E-state index contributed by atoms with van der Waals surface area (Å²) in [5.41, 5.74) is 4.77. The predicted octanol–water partition coefficient (Wildman–Crippen LogP) is 7.19. The number of oxazole rings is 1. The smallest absolute Gasteiger partial charge is 0.226 e. The van der Waals surface area contributed by atoms with E-state index < -0.39 is 15.1 Å². The zero-order valence-corrected chi connectivity index (χ0v) is 20.4. The molecular formula is C30H25NO3S. The van der Waals surface area contributed by atoms with Crippen molar-refractivity contribution >= 4 is 9.84 Å². The van der Waals surface area contributed by atoms with Gasteiger partial charge in [-0.3, -0.25) is 0 Å². The Labute approximate surface area is 205 Å². The number of sulfone groups is 1. The summed E-state index contributed by atoms with van der Waals surface area (Å²) in [6.45, 7) is 3.91. The topological polar surface area (TPSA) is 60.2 Å². The first-order chi connectivity index (χ1) is 16.9. The third-order valence-electron chi connectivity index (χ3n) is 6.00. The molecule has 5 rings (SSSR count). The molecule has 0 N–H and O–H groups in total. The Morgan fingerprint density at radius 3 is 1.74 bits per heavy atom. The molecule has 0 aliphatic rings. The van der Waals surface area contributed by atoms with Gasteiger partial charge in [0, 0.05) is 11.1 Å². The maximum atomic E-state index is 14.2. The van der Waals surface area contributed by atoms with E-state index in [1.54, 1.807) is 12.1 Å². The van der Waals surface area contributed by atoms with Gasteiger partial charge in [-0.25, -0.2) is 13.4 Å². The van der Waals surface area contributed by atoms with Gasteiger partial charge in [-0.05, 0) is 43.7 Å². The lowest BCUT2D eigenvalue weighted by Gasteiger charge is -2.18. The maximum Gasteiger partial charge on any atom is 0.226 e. The number of aromatic nitrogens is 1. The van der Waals surface area contributed by atoms with Gasteiger partial charge >= 0.3 is 0 Å². The first kappa shape index (κ1) is 22.8. The van der Waals surface area contributed by atoms with Gasteiger partial charge in [0.05, 0.1) is 4.90 Å². The Morgan fingerprint density at radius 1 is 0.657 bits per heavy atom. The van der Waals surface area contributed by atoms with E-state index in [2.05, 4.69) is 0 Å². The molecule has 4 aromatic carbocycles. The van der Waals surface area contributed by atoms with E-state index in [0.29, 0.717) is 22.9 Å². The summed E-state index contributed by atoms with van der Waals surface area (Å²) in [4.78, 5) is 5.05. The molecule has 0 fully saturated rings. The van der Waals surface area contributed by atoms with Crippen LogP contribution in [-0.4, -0.2) is 13.4 Å². The fraction of sp³-hybridized carbons (Fsp3) is 0.100. The van der Waals surface area contributed by atoms with E-state index in [4.69, 9.17) is 9.40 Å². The lowest BCUT2D eigenvalue weighted by atomic mass is 10.0. The number of hydrogen-bond donors (Lipinski definition) is 0. The summed E-state index contributed by atoms with van der Waals surface area (Å²) < 4.78 is 34.7. The second-order valence-corrected chi connectivity index (χ2v) is 10.6. The number of benzene rings is 4. The van der Waals surface area contributed by atoms with Crippen molar-refractivity contribution in [1.29, 1.82) is 0 Å². The Kier molecular flexibility index (Phi) is 6.10. The predicted molar refractivity (Wildman–Crippen MR) is 139 cm³/mol. The van der Waals surface area contributed by atoms with Crippen molar-refractivity contribution in [2.45, 2.75) is 24.0 Å². The van der Waals surface area contributed by atoms with Crippen LogP contribution >= 0.6 is 0 Å². The fourth-order valence-corrected chi connectivity index (χ4v) is 5.84. The summed E-state index contributed by atoms with van der Waals surface area (Å²) in [7, 11) is -3.87. The van der Waals surface area contributed by atoms with Crippen molar-refractivity contribution in [3.05, 3.63) is 132 Å². The highest BCUT2D eigenvalue weighted by Crippen LogP contribution is 2.42. The molecule has 1 atom stereocenters. The summed E-state index contributed by atoms with van der Waals surface area (Å²) in [5, 5.41) is -1.06.